The second kappa shape index (κ2) is 5.80. The van der Waals surface area contributed by atoms with E-state index in [0.29, 0.717) is 0 Å². The molecule has 0 bridgehead atoms. The van der Waals surface area contributed by atoms with Crippen LogP contribution >= 0.6 is 0 Å². The zero-order valence-electron chi connectivity index (χ0n) is 14.1. The van der Waals surface area contributed by atoms with Gasteiger partial charge in [0.25, 0.3) is 0 Å². The van der Waals surface area contributed by atoms with Crippen molar-refractivity contribution in [3.8, 4) is 0 Å². The lowest BCUT2D eigenvalue weighted by Crippen LogP contribution is -2.61. The smallest absolute Gasteiger partial charge is 0.221 e. The first-order chi connectivity index (χ1) is 11.7. The van der Waals surface area contributed by atoms with Crippen LogP contribution in [0.25, 0.3) is 10.9 Å². The van der Waals surface area contributed by atoms with Crippen LogP contribution in [0, 0.1) is 6.92 Å². The Hall–Kier alpha value is -2.58. The van der Waals surface area contributed by atoms with Crippen LogP contribution in [0.3, 0.4) is 0 Å². The van der Waals surface area contributed by atoms with Gasteiger partial charge in [-0.25, -0.2) is 0 Å². The largest absolute Gasteiger partial charge is 0.366 e. The summed E-state index contributed by atoms with van der Waals surface area (Å²) in [6.07, 6.45) is 2.27. The van der Waals surface area contributed by atoms with Crippen molar-refractivity contribution < 1.29 is 0 Å². The van der Waals surface area contributed by atoms with Crippen molar-refractivity contribution in [1.82, 2.24) is 4.23 Å². The van der Waals surface area contributed by atoms with E-state index in [1.165, 1.54) is 26.8 Å². The van der Waals surface area contributed by atoms with Crippen molar-refractivity contribution in [2.75, 3.05) is 0 Å². The minimum Gasteiger partial charge on any atom is -0.366 e. The Morgan fingerprint density at radius 1 is 0.708 bits per heavy atom. The summed E-state index contributed by atoms with van der Waals surface area (Å²) >= 11 is 0. The van der Waals surface area contributed by atoms with Crippen LogP contribution in [0.15, 0.2) is 91.1 Å². The molecule has 0 saturated carbocycles. The third kappa shape index (κ3) is 2.31. The van der Waals surface area contributed by atoms with Crippen molar-refractivity contribution in [3.05, 3.63) is 96.7 Å². The molecule has 0 atom stereocenters. The Balaban J connectivity index is 2.03. The summed E-state index contributed by atoms with van der Waals surface area (Å²) in [5.74, 6) is 0. The van der Waals surface area contributed by atoms with Gasteiger partial charge in [-0.3, -0.25) is 0 Å². The van der Waals surface area contributed by atoms with E-state index < -0.39 is 8.24 Å². The summed E-state index contributed by atoms with van der Waals surface area (Å²) in [5, 5.41) is 4.17. The highest BCUT2D eigenvalue weighted by Crippen LogP contribution is 2.22. The molecule has 0 aliphatic rings. The SMILES string of the molecule is Cc1ccc2c(ccn2[Si](C)(c2ccccc2)c2ccccc2)c1. The maximum absolute atomic E-state index is 2.53. The molecule has 0 N–H and O–H groups in total. The molecule has 0 aliphatic heterocycles. The van der Waals surface area contributed by atoms with Gasteiger partial charge in [0.2, 0.25) is 8.24 Å². The fraction of sp³-hybridized carbons (Fsp3) is 0.0909. The molecular formula is C22H21NSi. The molecule has 1 nitrogen and oxygen atoms in total. The van der Waals surface area contributed by atoms with E-state index in [-0.39, 0.29) is 0 Å². The highest BCUT2D eigenvalue weighted by molar-refractivity contribution is 7.00. The van der Waals surface area contributed by atoms with Crippen LogP contribution in [0.2, 0.25) is 6.55 Å². The summed E-state index contributed by atoms with van der Waals surface area (Å²) in [7, 11) is -2.09. The topological polar surface area (TPSA) is 4.93 Å². The Morgan fingerprint density at radius 2 is 1.29 bits per heavy atom. The second-order valence-corrected chi connectivity index (χ2v) is 10.3. The van der Waals surface area contributed by atoms with Gasteiger partial charge in [-0.2, -0.15) is 0 Å². The first-order valence-electron chi connectivity index (χ1n) is 8.39. The summed E-state index contributed by atoms with van der Waals surface area (Å²) in [4.78, 5) is 0. The zero-order chi connectivity index (χ0) is 16.6. The summed E-state index contributed by atoms with van der Waals surface area (Å²) < 4.78 is 2.53. The third-order valence-electron chi connectivity index (χ3n) is 5.00. The summed E-state index contributed by atoms with van der Waals surface area (Å²) in [6, 6.07) is 30.9. The summed E-state index contributed by atoms with van der Waals surface area (Å²) in [6.45, 7) is 4.60. The lowest BCUT2D eigenvalue weighted by molar-refractivity contribution is 1.23. The van der Waals surface area contributed by atoms with Gasteiger partial charge in [0.05, 0.1) is 0 Å². The molecular weight excluding hydrogens is 306 g/mol. The molecule has 1 heterocycles. The van der Waals surface area contributed by atoms with Crippen LogP contribution < -0.4 is 10.4 Å². The van der Waals surface area contributed by atoms with E-state index in [1.807, 2.05) is 0 Å². The van der Waals surface area contributed by atoms with Gasteiger partial charge in [0.15, 0.2) is 0 Å². The van der Waals surface area contributed by atoms with E-state index in [1.54, 1.807) is 0 Å². The zero-order valence-corrected chi connectivity index (χ0v) is 15.1. The first-order valence-corrected chi connectivity index (χ1v) is 10.8. The lowest BCUT2D eigenvalue weighted by Gasteiger charge is -2.31. The van der Waals surface area contributed by atoms with E-state index in [0.717, 1.165) is 0 Å². The molecule has 0 fully saturated rings. The third-order valence-corrected chi connectivity index (χ3v) is 9.27. The van der Waals surface area contributed by atoms with Gasteiger partial charge >= 0.3 is 0 Å². The molecule has 0 spiro atoms. The normalized spacial score (nSPS) is 11.8. The van der Waals surface area contributed by atoms with Crippen LogP contribution in [-0.2, 0) is 0 Å². The predicted octanol–water partition coefficient (Wildman–Crippen LogP) is 4.19. The predicted molar refractivity (Wildman–Crippen MR) is 106 cm³/mol. The molecule has 2 heteroatoms. The Morgan fingerprint density at radius 3 is 1.88 bits per heavy atom. The van der Waals surface area contributed by atoms with Crippen LogP contribution in [-0.4, -0.2) is 12.5 Å². The molecule has 0 amide bonds. The molecule has 4 rings (SSSR count). The van der Waals surface area contributed by atoms with E-state index in [4.69, 9.17) is 0 Å². The fourth-order valence-corrected chi connectivity index (χ4v) is 7.25. The molecule has 24 heavy (non-hydrogen) atoms. The number of nitrogens with zero attached hydrogens (tertiary/aromatic N) is 1. The quantitative estimate of drug-likeness (QED) is 0.497. The van der Waals surface area contributed by atoms with Crippen molar-refractivity contribution >= 4 is 29.5 Å². The van der Waals surface area contributed by atoms with Crippen molar-refractivity contribution in [1.29, 1.82) is 0 Å². The lowest BCUT2D eigenvalue weighted by atomic mass is 10.2. The fourth-order valence-electron chi connectivity index (χ4n) is 3.62. The van der Waals surface area contributed by atoms with Gasteiger partial charge in [0.1, 0.15) is 0 Å². The molecule has 1 aromatic heterocycles. The van der Waals surface area contributed by atoms with Gasteiger partial charge < -0.3 is 4.23 Å². The van der Waals surface area contributed by atoms with Crippen molar-refractivity contribution in [2.45, 2.75) is 13.5 Å². The second-order valence-electron chi connectivity index (χ2n) is 6.55. The Labute approximate surface area is 144 Å². The standard InChI is InChI=1S/C22H21NSi/c1-18-13-14-22-19(17-18)15-16-23(22)24(2,20-9-5-3-6-10-20)21-11-7-4-8-12-21/h3-17H,1-2H3. The Kier molecular flexibility index (Phi) is 3.62. The monoisotopic (exact) mass is 327 g/mol. The molecule has 118 valence electrons. The van der Waals surface area contributed by atoms with E-state index in [9.17, 15) is 0 Å². The average molecular weight is 328 g/mol. The molecule has 4 aromatic rings. The number of aryl methyl sites for hydroxylation is 1. The Bertz CT molecular complexity index is 931. The highest BCUT2D eigenvalue weighted by atomic mass is 28.3. The average Bonchev–Trinajstić information content (AvgIpc) is 3.06. The van der Waals surface area contributed by atoms with Gasteiger partial charge in [0, 0.05) is 5.52 Å². The van der Waals surface area contributed by atoms with Gasteiger partial charge in [-0.1, -0.05) is 72.3 Å². The number of benzene rings is 3. The van der Waals surface area contributed by atoms with Gasteiger partial charge in [-0.05, 0) is 53.6 Å². The molecule has 3 aromatic carbocycles. The van der Waals surface area contributed by atoms with Crippen molar-refractivity contribution in [2.24, 2.45) is 0 Å². The minimum atomic E-state index is -2.09. The number of rotatable bonds is 3. The molecule has 0 unspecified atom stereocenters. The van der Waals surface area contributed by atoms with Gasteiger partial charge in [-0.15, -0.1) is 0 Å². The number of fused-ring (bicyclic) bond motifs is 1. The van der Waals surface area contributed by atoms with Crippen LogP contribution in [0.5, 0.6) is 0 Å². The summed E-state index contributed by atoms with van der Waals surface area (Å²) in [5.41, 5.74) is 2.63. The van der Waals surface area contributed by atoms with E-state index >= 15 is 0 Å². The van der Waals surface area contributed by atoms with E-state index in [2.05, 4.69) is 109 Å². The van der Waals surface area contributed by atoms with Crippen LogP contribution in [0.4, 0.5) is 0 Å². The molecule has 0 aliphatic carbocycles. The number of aromatic nitrogens is 1. The number of hydrogen-bond donors (Lipinski definition) is 0. The highest BCUT2D eigenvalue weighted by Gasteiger charge is 2.35. The van der Waals surface area contributed by atoms with Crippen LogP contribution in [0.1, 0.15) is 5.56 Å². The maximum Gasteiger partial charge on any atom is 0.221 e. The molecule has 0 radical (unpaired) electrons. The number of hydrogen-bond acceptors (Lipinski definition) is 0. The minimum absolute atomic E-state index is 1.31. The first kappa shape index (κ1) is 15.0. The molecule has 0 saturated heterocycles. The van der Waals surface area contributed by atoms with Crippen molar-refractivity contribution in [3.63, 3.8) is 0 Å². The maximum atomic E-state index is 2.53.